The van der Waals surface area contributed by atoms with E-state index in [1.54, 1.807) is 13.2 Å². The fraction of sp³-hybridized carbons (Fsp3) is 0.417. The van der Waals surface area contributed by atoms with Gasteiger partial charge >= 0.3 is 5.97 Å². The average Bonchev–Trinajstić information content (AvgIpc) is 3.09. The first-order valence-corrected chi connectivity index (χ1v) is 5.47. The molecule has 1 aliphatic rings. The SMILES string of the molecule is CN(Cc1ccccn1)C(=O)C1CC1C(=O)O. The number of aliphatic carboxylic acids is 1. The van der Waals surface area contributed by atoms with E-state index in [0.29, 0.717) is 13.0 Å². The Morgan fingerprint density at radius 1 is 1.47 bits per heavy atom. The molecule has 2 atom stereocenters. The highest BCUT2D eigenvalue weighted by Crippen LogP contribution is 2.39. The molecule has 90 valence electrons. The van der Waals surface area contributed by atoms with Gasteiger partial charge in [0.15, 0.2) is 0 Å². The molecule has 2 rings (SSSR count). The maximum atomic E-state index is 11.9. The molecule has 0 bridgehead atoms. The Bertz CT molecular complexity index is 433. The van der Waals surface area contributed by atoms with Crippen molar-refractivity contribution in [2.45, 2.75) is 13.0 Å². The molecule has 5 heteroatoms. The summed E-state index contributed by atoms with van der Waals surface area (Å²) in [6.45, 7) is 0.419. The van der Waals surface area contributed by atoms with Crippen molar-refractivity contribution in [1.82, 2.24) is 9.88 Å². The van der Waals surface area contributed by atoms with Gasteiger partial charge in [0.2, 0.25) is 5.91 Å². The lowest BCUT2D eigenvalue weighted by molar-refractivity contribution is -0.141. The van der Waals surface area contributed by atoms with Crippen molar-refractivity contribution in [2.24, 2.45) is 11.8 Å². The van der Waals surface area contributed by atoms with E-state index in [9.17, 15) is 9.59 Å². The zero-order valence-electron chi connectivity index (χ0n) is 9.54. The number of carbonyl (C=O) groups is 2. The van der Waals surface area contributed by atoms with Gasteiger partial charge in [0.1, 0.15) is 0 Å². The summed E-state index contributed by atoms with van der Waals surface area (Å²) >= 11 is 0. The number of carboxylic acid groups (broad SMARTS) is 1. The van der Waals surface area contributed by atoms with Gasteiger partial charge in [0.25, 0.3) is 0 Å². The van der Waals surface area contributed by atoms with Crippen LogP contribution in [-0.4, -0.2) is 33.9 Å². The lowest BCUT2D eigenvalue weighted by Crippen LogP contribution is -2.29. The van der Waals surface area contributed by atoms with E-state index in [-0.39, 0.29) is 11.8 Å². The second-order valence-corrected chi connectivity index (χ2v) is 4.30. The number of hydrogen-bond acceptors (Lipinski definition) is 3. The van der Waals surface area contributed by atoms with Crippen LogP contribution in [0, 0.1) is 11.8 Å². The van der Waals surface area contributed by atoms with Gasteiger partial charge in [0.05, 0.1) is 24.1 Å². The third-order valence-corrected chi connectivity index (χ3v) is 2.93. The molecule has 0 saturated heterocycles. The summed E-state index contributed by atoms with van der Waals surface area (Å²) in [6.07, 6.45) is 2.13. The molecule has 1 saturated carbocycles. The standard InChI is InChI=1S/C12H14N2O3/c1-14(7-8-4-2-3-5-13-8)11(15)9-6-10(9)12(16)17/h2-5,9-10H,6-7H2,1H3,(H,16,17). The van der Waals surface area contributed by atoms with E-state index in [1.165, 1.54) is 4.90 Å². The largest absolute Gasteiger partial charge is 0.481 e. The minimum absolute atomic E-state index is 0.108. The molecule has 0 aliphatic heterocycles. The van der Waals surface area contributed by atoms with E-state index >= 15 is 0 Å². The van der Waals surface area contributed by atoms with Crippen LogP contribution in [-0.2, 0) is 16.1 Å². The smallest absolute Gasteiger partial charge is 0.307 e. The number of carboxylic acids is 1. The van der Waals surface area contributed by atoms with Gasteiger partial charge in [-0.25, -0.2) is 0 Å². The minimum atomic E-state index is -0.880. The van der Waals surface area contributed by atoms with E-state index < -0.39 is 11.9 Å². The molecule has 1 fully saturated rings. The third kappa shape index (κ3) is 2.61. The maximum Gasteiger partial charge on any atom is 0.307 e. The first-order valence-electron chi connectivity index (χ1n) is 5.47. The Labute approximate surface area is 99.1 Å². The molecular formula is C12H14N2O3. The van der Waals surface area contributed by atoms with Gasteiger partial charge in [-0.15, -0.1) is 0 Å². The molecular weight excluding hydrogens is 220 g/mol. The van der Waals surface area contributed by atoms with Crippen LogP contribution in [0.4, 0.5) is 0 Å². The molecule has 1 aromatic rings. The lowest BCUT2D eigenvalue weighted by atomic mass is 10.2. The number of carbonyl (C=O) groups excluding carboxylic acids is 1. The van der Waals surface area contributed by atoms with Crippen molar-refractivity contribution >= 4 is 11.9 Å². The van der Waals surface area contributed by atoms with Gasteiger partial charge < -0.3 is 10.0 Å². The summed E-state index contributed by atoms with van der Waals surface area (Å²) in [5.41, 5.74) is 0.802. The Kier molecular flexibility index (Phi) is 3.08. The first-order chi connectivity index (χ1) is 8.09. The lowest BCUT2D eigenvalue weighted by Gasteiger charge is -2.16. The number of pyridine rings is 1. The van der Waals surface area contributed by atoms with E-state index in [0.717, 1.165) is 5.69 Å². The summed E-state index contributed by atoms with van der Waals surface area (Å²) in [5.74, 6) is -1.83. The summed E-state index contributed by atoms with van der Waals surface area (Å²) in [7, 11) is 1.67. The fourth-order valence-corrected chi connectivity index (χ4v) is 1.84. The zero-order chi connectivity index (χ0) is 12.4. The molecule has 5 nitrogen and oxygen atoms in total. The highest BCUT2D eigenvalue weighted by atomic mass is 16.4. The summed E-state index contributed by atoms with van der Waals surface area (Å²) < 4.78 is 0. The van der Waals surface area contributed by atoms with Crippen molar-refractivity contribution in [2.75, 3.05) is 7.05 Å². The molecule has 1 heterocycles. The monoisotopic (exact) mass is 234 g/mol. The van der Waals surface area contributed by atoms with Crippen molar-refractivity contribution in [1.29, 1.82) is 0 Å². The molecule has 0 radical (unpaired) electrons. The summed E-state index contributed by atoms with van der Waals surface area (Å²) in [5, 5.41) is 8.76. The highest BCUT2D eigenvalue weighted by molar-refractivity contribution is 5.89. The van der Waals surface area contributed by atoms with Crippen LogP contribution in [0.1, 0.15) is 12.1 Å². The molecule has 1 aromatic heterocycles. The second-order valence-electron chi connectivity index (χ2n) is 4.30. The summed E-state index contributed by atoms with van der Waals surface area (Å²) in [6, 6.07) is 5.51. The zero-order valence-corrected chi connectivity index (χ0v) is 9.54. The molecule has 2 unspecified atom stereocenters. The van der Waals surface area contributed by atoms with Crippen LogP contribution in [0.25, 0.3) is 0 Å². The molecule has 1 aliphatic carbocycles. The van der Waals surface area contributed by atoms with Gasteiger partial charge in [-0.3, -0.25) is 14.6 Å². The van der Waals surface area contributed by atoms with E-state index in [2.05, 4.69) is 4.98 Å². The number of nitrogens with zero attached hydrogens (tertiary/aromatic N) is 2. The minimum Gasteiger partial charge on any atom is -0.481 e. The van der Waals surface area contributed by atoms with Crippen molar-refractivity contribution in [3.05, 3.63) is 30.1 Å². The van der Waals surface area contributed by atoms with Crippen molar-refractivity contribution in [3.8, 4) is 0 Å². The van der Waals surface area contributed by atoms with Gasteiger partial charge in [-0.2, -0.15) is 0 Å². The Balaban J connectivity index is 1.91. The van der Waals surface area contributed by atoms with Gasteiger partial charge in [0, 0.05) is 13.2 Å². The predicted octanol–water partition coefficient (Wildman–Crippen LogP) is 0.761. The molecule has 17 heavy (non-hydrogen) atoms. The Hall–Kier alpha value is -1.91. The number of amides is 1. The average molecular weight is 234 g/mol. The van der Waals surface area contributed by atoms with E-state index in [4.69, 9.17) is 5.11 Å². The molecule has 0 aromatic carbocycles. The third-order valence-electron chi connectivity index (χ3n) is 2.93. The maximum absolute atomic E-state index is 11.9. The van der Waals surface area contributed by atoms with Gasteiger partial charge in [-0.1, -0.05) is 6.07 Å². The van der Waals surface area contributed by atoms with Crippen LogP contribution < -0.4 is 0 Å². The summed E-state index contributed by atoms with van der Waals surface area (Å²) in [4.78, 5) is 28.2. The van der Waals surface area contributed by atoms with Crippen LogP contribution >= 0.6 is 0 Å². The first kappa shape index (κ1) is 11.6. The fourth-order valence-electron chi connectivity index (χ4n) is 1.84. The van der Waals surface area contributed by atoms with Gasteiger partial charge in [-0.05, 0) is 18.6 Å². The Morgan fingerprint density at radius 2 is 2.24 bits per heavy atom. The number of aromatic nitrogens is 1. The van der Waals surface area contributed by atoms with Crippen LogP contribution in [0.15, 0.2) is 24.4 Å². The van der Waals surface area contributed by atoms with Crippen LogP contribution in [0.3, 0.4) is 0 Å². The highest BCUT2D eigenvalue weighted by Gasteiger charge is 2.49. The predicted molar refractivity (Wildman–Crippen MR) is 59.9 cm³/mol. The number of hydrogen-bond donors (Lipinski definition) is 1. The normalized spacial score (nSPS) is 21.9. The second kappa shape index (κ2) is 4.53. The molecule has 1 amide bonds. The molecule has 0 spiro atoms. The van der Waals surface area contributed by atoms with Crippen LogP contribution in [0.2, 0.25) is 0 Å². The Morgan fingerprint density at radius 3 is 2.76 bits per heavy atom. The van der Waals surface area contributed by atoms with Crippen molar-refractivity contribution in [3.63, 3.8) is 0 Å². The van der Waals surface area contributed by atoms with Crippen LogP contribution in [0.5, 0.6) is 0 Å². The number of rotatable bonds is 4. The molecule has 1 N–H and O–H groups in total. The quantitative estimate of drug-likeness (QED) is 0.835. The topological polar surface area (TPSA) is 70.5 Å². The van der Waals surface area contributed by atoms with Crippen molar-refractivity contribution < 1.29 is 14.7 Å². The van der Waals surface area contributed by atoms with E-state index in [1.807, 2.05) is 18.2 Å².